The average Bonchev–Trinajstić information content (AvgIpc) is 2.77. The zero-order valence-corrected chi connectivity index (χ0v) is 20.9. The quantitative estimate of drug-likeness (QED) is 0.174. The van der Waals surface area contributed by atoms with Gasteiger partial charge in [0.2, 0.25) is 0 Å². The summed E-state index contributed by atoms with van der Waals surface area (Å²) in [5, 5.41) is 16.4. The second kappa shape index (κ2) is 15.9. The van der Waals surface area contributed by atoms with E-state index in [2.05, 4.69) is 36.0 Å². The lowest BCUT2D eigenvalue weighted by atomic mass is 9.93. The van der Waals surface area contributed by atoms with Crippen LogP contribution in [0.15, 0.2) is 23.8 Å². The molecule has 1 aliphatic rings. The van der Waals surface area contributed by atoms with Gasteiger partial charge in [-0.2, -0.15) is 11.8 Å². The van der Waals surface area contributed by atoms with Crippen molar-refractivity contribution in [2.75, 3.05) is 46.3 Å². The molecule has 3 N–H and O–H groups in total. The van der Waals surface area contributed by atoms with Gasteiger partial charge in [-0.25, -0.2) is 4.79 Å². The summed E-state index contributed by atoms with van der Waals surface area (Å²) in [4.78, 5) is 11.7. The second-order valence-corrected chi connectivity index (χ2v) is 10.9. The number of rotatable bonds is 16. The number of nitrogens with one attached hydrogen (secondary N) is 2. The zero-order chi connectivity index (χ0) is 23.1. The van der Waals surface area contributed by atoms with E-state index in [4.69, 9.17) is 13.8 Å². The van der Waals surface area contributed by atoms with E-state index < -0.39 is 19.9 Å². The maximum Gasteiger partial charge on any atom is 0.407 e. The molecule has 8 nitrogen and oxygen atoms in total. The number of hydrogen-bond donors (Lipinski definition) is 3. The lowest BCUT2D eigenvalue weighted by Gasteiger charge is -2.23. The molecule has 0 aromatic rings. The Balaban J connectivity index is 2.01. The molecular weight excluding hydrogens is 439 g/mol. The Morgan fingerprint density at radius 1 is 1.29 bits per heavy atom. The van der Waals surface area contributed by atoms with E-state index >= 15 is 0 Å². The van der Waals surface area contributed by atoms with E-state index in [-0.39, 0.29) is 6.61 Å². The van der Waals surface area contributed by atoms with Gasteiger partial charge in [-0.15, -0.1) is 0 Å². The van der Waals surface area contributed by atoms with E-state index in [0.717, 1.165) is 37.7 Å². The standard InChI is InChI=1S/C21H39N2O6PS/c1-17(31-4)18-9-11-19(12-10-18)20(24)22-14-16-28-21(25)23-13-7-5-6-8-15-29-30(3,26)27-2/h9,11-12,17-18,20,22,24H,5-8,10,13-16H2,1-4H3,(H,23,25). The Hall–Kier alpha value is -0.830. The Bertz CT molecular complexity index is 631. The number of unbranched alkanes of at least 4 members (excludes halogenated alkanes) is 3. The minimum absolute atomic E-state index is 0.180. The van der Waals surface area contributed by atoms with Crippen molar-refractivity contribution in [3.8, 4) is 0 Å². The van der Waals surface area contributed by atoms with Gasteiger partial charge in [0.1, 0.15) is 12.8 Å². The number of carbonyl (C=O) groups excluding carboxylic acids is 1. The van der Waals surface area contributed by atoms with Crippen molar-refractivity contribution in [2.24, 2.45) is 5.92 Å². The molecule has 0 saturated carbocycles. The van der Waals surface area contributed by atoms with Crippen molar-refractivity contribution in [1.82, 2.24) is 10.6 Å². The smallest absolute Gasteiger partial charge is 0.407 e. The van der Waals surface area contributed by atoms with Gasteiger partial charge in [0.05, 0.1) is 6.61 Å². The van der Waals surface area contributed by atoms with Crippen molar-refractivity contribution in [3.63, 3.8) is 0 Å². The lowest BCUT2D eigenvalue weighted by Crippen LogP contribution is -2.35. The van der Waals surface area contributed by atoms with E-state index in [1.54, 1.807) is 0 Å². The fourth-order valence-electron chi connectivity index (χ4n) is 2.94. The van der Waals surface area contributed by atoms with Crippen molar-refractivity contribution in [3.05, 3.63) is 23.8 Å². The Kier molecular flexibility index (Phi) is 14.5. The number of carbonyl (C=O) groups is 1. The van der Waals surface area contributed by atoms with Crippen LogP contribution >= 0.6 is 19.4 Å². The topological polar surface area (TPSA) is 106 Å². The van der Waals surface area contributed by atoms with Gasteiger partial charge in [-0.1, -0.05) is 38.0 Å². The third kappa shape index (κ3) is 12.7. The van der Waals surface area contributed by atoms with Crippen molar-refractivity contribution >= 4 is 25.5 Å². The Morgan fingerprint density at radius 3 is 2.68 bits per heavy atom. The highest BCUT2D eigenvalue weighted by Gasteiger charge is 2.18. The number of thioether (sulfide) groups is 1. The van der Waals surface area contributed by atoms with Crippen LogP contribution < -0.4 is 10.6 Å². The predicted molar refractivity (Wildman–Crippen MR) is 127 cm³/mol. The number of aliphatic hydroxyl groups excluding tert-OH is 1. The third-order valence-corrected chi connectivity index (χ3v) is 7.53. The minimum Gasteiger partial charge on any atom is -0.448 e. The number of alkyl carbamates (subject to hydrolysis) is 1. The average molecular weight is 479 g/mol. The largest absolute Gasteiger partial charge is 0.448 e. The van der Waals surface area contributed by atoms with E-state index in [0.29, 0.717) is 30.9 Å². The SMILES string of the molecule is COP(C)(=O)OCCCCCCNC(=O)OCCNC(O)C1=CCC(C(C)SC)C=C1. The zero-order valence-electron chi connectivity index (χ0n) is 19.2. The summed E-state index contributed by atoms with van der Waals surface area (Å²) in [5.41, 5.74) is 0.850. The number of amides is 1. The van der Waals surface area contributed by atoms with Crippen molar-refractivity contribution < 1.29 is 28.3 Å². The fourth-order valence-corrected chi connectivity index (χ4v) is 4.06. The summed E-state index contributed by atoms with van der Waals surface area (Å²) >= 11 is 1.84. The highest BCUT2D eigenvalue weighted by molar-refractivity contribution is 7.99. The molecule has 0 spiro atoms. The first-order valence-corrected chi connectivity index (χ1v) is 14.1. The van der Waals surface area contributed by atoms with Crippen LogP contribution in [0.5, 0.6) is 0 Å². The van der Waals surface area contributed by atoms with Crippen molar-refractivity contribution in [2.45, 2.75) is 50.5 Å². The third-order valence-electron chi connectivity index (χ3n) is 5.12. The molecule has 0 saturated heterocycles. The lowest BCUT2D eigenvalue weighted by molar-refractivity contribution is 0.130. The first-order chi connectivity index (χ1) is 14.8. The van der Waals surface area contributed by atoms with E-state index in [9.17, 15) is 14.5 Å². The minimum atomic E-state index is -2.89. The number of ether oxygens (including phenoxy) is 1. The molecule has 10 heteroatoms. The summed E-state index contributed by atoms with van der Waals surface area (Å²) < 4.78 is 26.6. The Labute approximate surface area is 191 Å². The summed E-state index contributed by atoms with van der Waals surface area (Å²) in [6.07, 6.45) is 11.5. The van der Waals surface area contributed by atoms with Gasteiger partial charge < -0.3 is 24.2 Å². The number of allylic oxidation sites excluding steroid dienone is 2. The van der Waals surface area contributed by atoms with E-state index in [1.807, 2.05) is 17.8 Å². The molecule has 0 fully saturated rings. The normalized spacial score (nSPS) is 19.9. The Morgan fingerprint density at radius 2 is 2.03 bits per heavy atom. The molecule has 0 bridgehead atoms. The first kappa shape index (κ1) is 28.2. The summed E-state index contributed by atoms with van der Waals surface area (Å²) in [5.74, 6) is 0.497. The number of hydrogen-bond acceptors (Lipinski definition) is 8. The van der Waals surface area contributed by atoms with Gasteiger partial charge >= 0.3 is 13.7 Å². The molecule has 1 amide bonds. The highest BCUT2D eigenvalue weighted by Crippen LogP contribution is 2.42. The molecule has 180 valence electrons. The maximum atomic E-state index is 11.7. The van der Waals surface area contributed by atoms with Crippen molar-refractivity contribution in [1.29, 1.82) is 0 Å². The molecule has 4 unspecified atom stereocenters. The molecule has 31 heavy (non-hydrogen) atoms. The van der Waals surface area contributed by atoms with Crippen LogP contribution in [0.1, 0.15) is 39.0 Å². The van der Waals surface area contributed by atoms with Crippen LogP contribution in [0, 0.1) is 5.92 Å². The molecular formula is C21H39N2O6PS. The molecule has 1 aliphatic carbocycles. The molecule has 0 radical (unpaired) electrons. The van der Waals surface area contributed by atoms with Crippen LogP contribution in [0.4, 0.5) is 4.79 Å². The predicted octanol–water partition coefficient (Wildman–Crippen LogP) is 3.92. The van der Waals surface area contributed by atoms with Crippen LogP contribution in [0.25, 0.3) is 0 Å². The summed E-state index contributed by atoms with van der Waals surface area (Å²) in [6.45, 7) is 5.15. The van der Waals surface area contributed by atoms with Gasteiger partial charge in [0.25, 0.3) is 0 Å². The molecule has 4 atom stereocenters. The fraction of sp³-hybridized carbons (Fsp3) is 0.762. The molecule has 0 aromatic heterocycles. The molecule has 0 aromatic carbocycles. The van der Waals surface area contributed by atoms with Crippen LogP contribution in [-0.4, -0.2) is 69.0 Å². The maximum absolute atomic E-state index is 11.7. The second-order valence-electron chi connectivity index (χ2n) is 7.52. The van der Waals surface area contributed by atoms with Gasteiger partial charge in [0.15, 0.2) is 0 Å². The van der Waals surface area contributed by atoms with Gasteiger partial charge in [-0.3, -0.25) is 9.88 Å². The van der Waals surface area contributed by atoms with Gasteiger partial charge in [0, 0.05) is 32.1 Å². The summed E-state index contributed by atoms with van der Waals surface area (Å²) in [7, 11) is -1.51. The van der Waals surface area contributed by atoms with Crippen LogP contribution in [-0.2, 0) is 18.3 Å². The highest BCUT2D eigenvalue weighted by atomic mass is 32.2. The summed E-state index contributed by atoms with van der Waals surface area (Å²) in [6, 6.07) is 0. The van der Waals surface area contributed by atoms with Crippen LogP contribution in [0.3, 0.4) is 0 Å². The molecule has 1 rings (SSSR count). The monoisotopic (exact) mass is 478 g/mol. The van der Waals surface area contributed by atoms with E-state index in [1.165, 1.54) is 13.8 Å². The van der Waals surface area contributed by atoms with Crippen LogP contribution in [0.2, 0.25) is 0 Å². The van der Waals surface area contributed by atoms with Gasteiger partial charge in [-0.05, 0) is 37.0 Å². The molecule has 0 aliphatic heterocycles. The molecule has 0 heterocycles. The first-order valence-electron chi connectivity index (χ1n) is 10.8. The number of aliphatic hydroxyl groups is 1.